The molecule has 0 saturated heterocycles. The van der Waals surface area contributed by atoms with Crippen LogP contribution in [-0.4, -0.2) is 16.0 Å². The molecule has 1 amide bonds. The Balaban J connectivity index is 1.84. The minimum absolute atomic E-state index is 0.166. The molecule has 0 fully saturated rings. The number of aromatic nitrogens is 2. The Kier molecular flexibility index (Phi) is 3.53. The highest BCUT2D eigenvalue weighted by Gasteiger charge is 2.15. The number of aryl methyl sites for hydroxylation is 2. The third-order valence-corrected chi connectivity index (χ3v) is 3.89. The van der Waals surface area contributed by atoms with Gasteiger partial charge in [0.1, 0.15) is 0 Å². The van der Waals surface area contributed by atoms with Gasteiger partial charge in [0.2, 0.25) is 5.76 Å². The van der Waals surface area contributed by atoms with Gasteiger partial charge in [-0.2, -0.15) is 0 Å². The van der Waals surface area contributed by atoms with E-state index in [1.807, 2.05) is 38.1 Å². The number of carbonyl (C=O) groups excluding carboxylic acids is 1. The first kappa shape index (κ1) is 13.5. The maximum absolute atomic E-state index is 11.9. The number of hydrogen-bond donors (Lipinski definition) is 1. The predicted octanol–water partition coefficient (Wildman–Crippen LogP) is 3.67. The van der Waals surface area contributed by atoms with E-state index in [1.54, 1.807) is 0 Å². The van der Waals surface area contributed by atoms with Crippen LogP contribution < -0.4 is 5.32 Å². The third-order valence-electron chi connectivity index (χ3n) is 3.00. The first-order valence-corrected chi connectivity index (χ1v) is 7.21. The molecule has 3 aromatic rings. The summed E-state index contributed by atoms with van der Waals surface area (Å²) in [6.07, 6.45) is 1.43. The lowest BCUT2D eigenvalue weighted by molar-refractivity contribution is 0.0988. The SMILES string of the molecule is Cc1ccc(-c2nc(NC(=O)c3ccno3)sc2C)cc1. The number of benzene rings is 1. The zero-order chi connectivity index (χ0) is 14.8. The van der Waals surface area contributed by atoms with Gasteiger partial charge in [-0.1, -0.05) is 35.0 Å². The summed E-state index contributed by atoms with van der Waals surface area (Å²) in [5, 5.41) is 6.78. The Bertz CT molecular complexity index is 761. The summed E-state index contributed by atoms with van der Waals surface area (Å²) in [4.78, 5) is 17.4. The van der Waals surface area contributed by atoms with Gasteiger partial charge < -0.3 is 4.52 Å². The number of amides is 1. The summed E-state index contributed by atoms with van der Waals surface area (Å²) in [6, 6.07) is 9.65. The lowest BCUT2D eigenvalue weighted by atomic mass is 10.1. The van der Waals surface area contributed by atoms with E-state index >= 15 is 0 Å². The Morgan fingerprint density at radius 2 is 1.95 bits per heavy atom. The fraction of sp³-hybridized carbons (Fsp3) is 0.133. The lowest BCUT2D eigenvalue weighted by Crippen LogP contribution is -2.10. The van der Waals surface area contributed by atoms with Gasteiger partial charge in [-0.3, -0.25) is 10.1 Å². The van der Waals surface area contributed by atoms with E-state index in [-0.39, 0.29) is 11.7 Å². The van der Waals surface area contributed by atoms with Gasteiger partial charge in [-0.05, 0) is 13.8 Å². The van der Waals surface area contributed by atoms with Crippen molar-refractivity contribution in [2.75, 3.05) is 5.32 Å². The molecule has 0 radical (unpaired) electrons. The van der Waals surface area contributed by atoms with Gasteiger partial charge in [0.25, 0.3) is 5.91 Å². The van der Waals surface area contributed by atoms with Gasteiger partial charge in [-0.25, -0.2) is 4.98 Å². The molecule has 0 unspecified atom stereocenters. The van der Waals surface area contributed by atoms with Crippen molar-refractivity contribution in [3.8, 4) is 11.3 Å². The summed E-state index contributed by atoms with van der Waals surface area (Å²) < 4.78 is 4.82. The maximum atomic E-state index is 11.9. The highest BCUT2D eigenvalue weighted by Crippen LogP contribution is 2.30. The predicted molar refractivity (Wildman–Crippen MR) is 81.5 cm³/mol. The number of rotatable bonds is 3. The first-order chi connectivity index (χ1) is 10.1. The van der Waals surface area contributed by atoms with E-state index in [2.05, 4.69) is 15.5 Å². The Hall–Kier alpha value is -2.47. The standard InChI is InChI=1S/C15H13N3O2S/c1-9-3-5-11(6-4-9)13-10(2)21-15(17-13)18-14(19)12-7-8-16-20-12/h3-8H,1-2H3,(H,17,18,19). The molecular formula is C15H13N3O2S. The number of nitrogens with zero attached hydrogens (tertiary/aromatic N) is 2. The average Bonchev–Trinajstić information content (AvgIpc) is 3.10. The van der Waals surface area contributed by atoms with Gasteiger partial charge in [0, 0.05) is 16.5 Å². The quantitative estimate of drug-likeness (QED) is 0.801. The third kappa shape index (κ3) is 2.85. The molecule has 0 saturated carbocycles. The second kappa shape index (κ2) is 5.49. The molecule has 2 heterocycles. The van der Waals surface area contributed by atoms with Gasteiger partial charge in [0.15, 0.2) is 5.13 Å². The number of carbonyl (C=O) groups is 1. The minimum atomic E-state index is -0.350. The number of thiazole rings is 1. The Labute approximate surface area is 125 Å². The van der Waals surface area contributed by atoms with Crippen molar-refractivity contribution in [1.82, 2.24) is 10.1 Å². The lowest BCUT2D eigenvalue weighted by Gasteiger charge is -1.99. The molecule has 0 aliphatic rings. The van der Waals surface area contributed by atoms with Crippen LogP contribution in [0.25, 0.3) is 11.3 Å². The monoisotopic (exact) mass is 299 g/mol. The summed E-state index contributed by atoms with van der Waals surface area (Å²) in [6.45, 7) is 4.03. The average molecular weight is 299 g/mol. The number of nitrogens with one attached hydrogen (secondary N) is 1. The van der Waals surface area contributed by atoms with Gasteiger partial charge in [-0.15, -0.1) is 11.3 Å². The van der Waals surface area contributed by atoms with Crippen molar-refractivity contribution >= 4 is 22.4 Å². The molecule has 0 aliphatic carbocycles. The molecule has 21 heavy (non-hydrogen) atoms. The normalized spacial score (nSPS) is 10.6. The molecule has 1 N–H and O–H groups in total. The molecule has 6 heteroatoms. The van der Waals surface area contributed by atoms with Crippen molar-refractivity contribution in [2.45, 2.75) is 13.8 Å². The fourth-order valence-electron chi connectivity index (χ4n) is 1.92. The summed E-state index contributed by atoms with van der Waals surface area (Å²) in [5.74, 6) is -0.184. The van der Waals surface area contributed by atoms with Crippen LogP contribution >= 0.6 is 11.3 Å². The highest BCUT2D eigenvalue weighted by atomic mass is 32.1. The largest absolute Gasteiger partial charge is 0.351 e. The van der Waals surface area contributed by atoms with Crippen LogP contribution in [0.2, 0.25) is 0 Å². The molecule has 5 nitrogen and oxygen atoms in total. The second-order valence-corrected chi connectivity index (χ2v) is 5.82. The molecule has 0 atom stereocenters. The first-order valence-electron chi connectivity index (χ1n) is 6.40. The van der Waals surface area contributed by atoms with Crippen LogP contribution in [0.3, 0.4) is 0 Å². The van der Waals surface area contributed by atoms with Crippen LogP contribution in [0.5, 0.6) is 0 Å². The molecule has 2 aromatic heterocycles. The van der Waals surface area contributed by atoms with E-state index in [4.69, 9.17) is 4.52 Å². The van der Waals surface area contributed by atoms with Crippen LogP contribution in [-0.2, 0) is 0 Å². The molecular weight excluding hydrogens is 286 g/mol. The number of anilines is 1. The molecule has 0 aliphatic heterocycles. The smallest absolute Gasteiger partial charge is 0.296 e. The van der Waals surface area contributed by atoms with Crippen LogP contribution in [0.1, 0.15) is 21.0 Å². The van der Waals surface area contributed by atoms with Crippen molar-refractivity contribution in [2.24, 2.45) is 0 Å². The van der Waals surface area contributed by atoms with Crippen molar-refractivity contribution in [3.63, 3.8) is 0 Å². The molecule has 3 rings (SSSR count). The summed E-state index contributed by atoms with van der Waals surface area (Å²) in [7, 11) is 0. The molecule has 0 bridgehead atoms. The van der Waals surface area contributed by atoms with Crippen molar-refractivity contribution in [1.29, 1.82) is 0 Å². The van der Waals surface area contributed by atoms with E-state index in [0.717, 1.165) is 16.1 Å². The van der Waals surface area contributed by atoms with Crippen molar-refractivity contribution < 1.29 is 9.32 Å². The summed E-state index contributed by atoms with van der Waals surface area (Å²) >= 11 is 1.43. The van der Waals surface area contributed by atoms with E-state index < -0.39 is 0 Å². The maximum Gasteiger partial charge on any atom is 0.296 e. The fourth-order valence-corrected chi connectivity index (χ4v) is 2.75. The second-order valence-electron chi connectivity index (χ2n) is 4.62. The topological polar surface area (TPSA) is 68.0 Å². The van der Waals surface area contributed by atoms with Gasteiger partial charge in [0.05, 0.1) is 11.9 Å². The molecule has 106 valence electrons. The minimum Gasteiger partial charge on any atom is -0.351 e. The summed E-state index contributed by atoms with van der Waals surface area (Å²) in [5.41, 5.74) is 3.12. The molecule has 1 aromatic carbocycles. The number of hydrogen-bond acceptors (Lipinski definition) is 5. The highest BCUT2D eigenvalue weighted by molar-refractivity contribution is 7.16. The van der Waals surface area contributed by atoms with Crippen LogP contribution in [0.15, 0.2) is 41.1 Å². The molecule has 0 spiro atoms. The van der Waals surface area contributed by atoms with Crippen LogP contribution in [0, 0.1) is 13.8 Å². The zero-order valence-electron chi connectivity index (χ0n) is 11.6. The van der Waals surface area contributed by atoms with E-state index in [1.165, 1.54) is 29.2 Å². The Morgan fingerprint density at radius 3 is 2.62 bits per heavy atom. The van der Waals surface area contributed by atoms with E-state index in [9.17, 15) is 4.79 Å². The van der Waals surface area contributed by atoms with E-state index in [0.29, 0.717) is 5.13 Å². The van der Waals surface area contributed by atoms with Crippen molar-refractivity contribution in [3.05, 3.63) is 52.7 Å². The zero-order valence-corrected chi connectivity index (χ0v) is 12.4. The Morgan fingerprint density at radius 1 is 1.19 bits per heavy atom. The van der Waals surface area contributed by atoms with Crippen LogP contribution in [0.4, 0.5) is 5.13 Å². The van der Waals surface area contributed by atoms with Gasteiger partial charge >= 0.3 is 0 Å².